The van der Waals surface area contributed by atoms with Crippen LogP contribution in [0, 0.1) is 5.82 Å². The Morgan fingerprint density at radius 2 is 1.87 bits per heavy atom. The Labute approximate surface area is 184 Å². The molecule has 2 aromatic carbocycles. The molecule has 1 atom stereocenters. The second-order valence-corrected chi connectivity index (χ2v) is 11.0. The van der Waals surface area contributed by atoms with Crippen molar-refractivity contribution in [1.29, 1.82) is 0 Å². The molecule has 1 aromatic heterocycles. The van der Waals surface area contributed by atoms with Gasteiger partial charge in [-0.25, -0.2) is 9.37 Å². The number of rotatable bonds is 6. The van der Waals surface area contributed by atoms with E-state index < -0.39 is 19.1 Å². The average Bonchev–Trinajstić information content (AvgIpc) is 2.70. The summed E-state index contributed by atoms with van der Waals surface area (Å²) in [5.41, 5.74) is 1.58. The summed E-state index contributed by atoms with van der Waals surface area (Å²) in [6.45, 7) is 5.06. The molecule has 9 heteroatoms. The molecule has 0 aliphatic heterocycles. The van der Waals surface area contributed by atoms with Crippen molar-refractivity contribution in [3.63, 3.8) is 0 Å². The van der Waals surface area contributed by atoms with Gasteiger partial charge in [0, 0.05) is 16.1 Å². The summed E-state index contributed by atoms with van der Waals surface area (Å²) in [7, 11) is -0.976. The summed E-state index contributed by atoms with van der Waals surface area (Å²) in [5.74, 6) is 0.152. The zero-order valence-electron chi connectivity index (χ0n) is 16.8. The topological polar surface area (TPSA) is 61.3 Å². The van der Waals surface area contributed by atoms with E-state index in [9.17, 15) is 8.96 Å². The highest BCUT2D eigenvalue weighted by molar-refractivity contribution is 7.70. The van der Waals surface area contributed by atoms with Gasteiger partial charge in [0.25, 0.3) is 0 Å². The number of halogens is 3. The first-order chi connectivity index (χ1) is 14.1. The molecule has 1 heterocycles. The van der Waals surface area contributed by atoms with Gasteiger partial charge in [-0.3, -0.25) is 4.98 Å². The van der Waals surface area contributed by atoms with Crippen LogP contribution in [0.5, 0.6) is 11.6 Å². The molecule has 158 valence electrons. The van der Waals surface area contributed by atoms with Gasteiger partial charge < -0.3 is 14.0 Å². The molecule has 0 bridgehead atoms. The van der Waals surface area contributed by atoms with Gasteiger partial charge in [-0.05, 0) is 44.5 Å². The first-order valence-electron chi connectivity index (χ1n) is 8.98. The van der Waals surface area contributed by atoms with Crippen molar-refractivity contribution in [2.75, 3.05) is 20.4 Å². The van der Waals surface area contributed by atoms with E-state index >= 15 is 0 Å². The molecule has 3 aromatic rings. The highest BCUT2D eigenvalue weighted by Crippen LogP contribution is 2.40. The molecule has 0 saturated carbocycles. The van der Waals surface area contributed by atoms with E-state index in [1.165, 1.54) is 25.4 Å². The molecule has 0 fully saturated rings. The minimum absolute atomic E-state index is 0.0944. The lowest BCUT2D eigenvalue weighted by Crippen LogP contribution is -2.08. The van der Waals surface area contributed by atoms with E-state index in [0.717, 1.165) is 5.56 Å². The Bertz CT molecular complexity index is 1140. The minimum atomic E-state index is -2.50. The Morgan fingerprint density at radius 1 is 1.13 bits per heavy atom. The molecule has 0 aliphatic carbocycles. The lowest BCUT2D eigenvalue weighted by molar-refractivity contribution is 0.216. The van der Waals surface area contributed by atoms with E-state index in [4.69, 9.17) is 32.7 Å². The zero-order valence-corrected chi connectivity index (χ0v) is 19.2. The van der Waals surface area contributed by atoms with E-state index in [2.05, 4.69) is 9.97 Å². The van der Waals surface area contributed by atoms with Crippen molar-refractivity contribution in [2.45, 2.75) is 13.0 Å². The van der Waals surface area contributed by atoms with Crippen LogP contribution in [0.25, 0.3) is 11.3 Å². The summed E-state index contributed by atoms with van der Waals surface area (Å²) >= 11 is 12.2. The van der Waals surface area contributed by atoms with Crippen molar-refractivity contribution in [1.82, 2.24) is 9.97 Å². The van der Waals surface area contributed by atoms with Crippen molar-refractivity contribution < 1.29 is 18.4 Å². The number of benzene rings is 2. The second kappa shape index (κ2) is 8.93. The van der Waals surface area contributed by atoms with Crippen LogP contribution >= 0.6 is 30.3 Å². The number of methoxy groups -OCH3 is 1. The van der Waals surface area contributed by atoms with Crippen LogP contribution in [0.1, 0.15) is 18.6 Å². The second-order valence-electron chi connectivity index (χ2n) is 7.00. The molecule has 30 heavy (non-hydrogen) atoms. The van der Waals surface area contributed by atoms with Crippen molar-refractivity contribution >= 4 is 35.6 Å². The van der Waals surface area contributed by atoms with Crippen LogP contribution in [0.3, 0.4) is 0 Å². The van der Waals surface area contributed by atoms with Gasteiger partial charge in [-0.15, -0.1) is 0 Å². The summed E-state index contributed by atoms with van der Waals surface area (Å²) in [4.78, 5) is 8.64. The van der Waals surface area contributed by atoms with Gasteiger partial charge in [0.05, 0.1) is 35.5 Å². The number of nitrogens with zero attached hydrogens (tertiary/aromatic N) is 2. The SMILES string of the molecule is COc1cc(-c2cncc(OC(C)c3c(Cl)ccc(F)c3Cl)n2)ccc1P(C)(C)=O. The summed E-state index contributed by atoms with van der Waals surface area (Å²) in [6.07, 6.45) is 2.36. The molecule has 0 radical (unpaired) electrons. The van der Waals surface area contributed by atoms with Gasteiger partial charge in [-0.1, -0.05) is 29.3 Å². The Hall–Kier alpha value is -2.14. The summed E-state index contributed by atoms with van der Waals surface area (Å²) < 4.78 is 37.5. The lowest BCUT2D eigenvalue weighted by Gasteiger charge is -2.18. The fourth-order valence-corrected chi connectivity index (χ4v) is 4.78. The maximum atomic E-state index is 13.8. The molecular weight excluding hydrogens is 449 g/mol. The molecule has 0 aliphatic rings. The molecule has 0 spiro atoms. The molecular formula is C21H20Cl2FN2O3P. The third-order valence-corrected chi connectivity index (χ3v) is 6.70. The van der Waals surface area contributed by atoms with Crippen LogP contribution in [0.15, 0.2) is 42.7 Å². The highest BCUT2D eigenvalue weighted by Gasteiger charge is 2.20. The van der Waals surface area contributed by atoms with Gasteiger partial charge >= 0.3 is 0 Å². The predicted molar refractivity (Wildman–Crippen MR) is 119 cm³/mol. The van der Waals surface area contributed by atoms with Crippen LogP contribution in [-0.4, -0.2) is 30.4 Å². The minimum Gasteiger partial charge on any atom is -0.496 e. The summed E-state index contributed by atoms with van der Waals surface area (Å²) in [5, 5.41) is 0.850. The molecule has 0 saturated heterocycles. The number of ether oxygens (including phenoxy) is 2. The van der Waals surface area contributed by atoms with Crippen molar-refractivity contribution in [3.8, 4) is 22.9 Å². The first-order valence-corrected chi connectivity index (χ1v) is 12.3. The largest absolute Gasteiger partial charge is 0.496 e. The quantitative estimate of drug-likeness (QED) is 0.328. The fraction of sp³-hybridized carbons (Fsp3) is 0.238. The molecule has 1 unspecified atom stereocenters. The number of aromatic nitrogens is 2. The maximum Gasteiger partial charge on any atom is 0.233 e. The monoisotopic (exact) mass is 468 g/mol. The third kappa shape index (κ3) is 4.77. The normalized spacial score (nSPS) is 12.5. The van der Waals surface area contributed by atoms with Crippen molar-refractivity contribution in [3.05, 3.63) is 64.2 Å². The summed E-state index contributed by atoms with van der Waals surface area (Å²) in [6, 6.07) is 7.94. The zero-order chi connectivity index (χ0) is 22.1. The number of hydrogen-bond donors (Lipinski definition) is 0. The van der Waals surface area contributed by atoms with Crippen molar-refractivity contribution in [2.24, 2.45) is 0 Å². The first kappa shape index (κ1) is 22.5. The number of hydrogen-bond acceptors (Lipinski definition) is 5. The molecule has 0 N–H and O–H groups in total. The van der Waals surface area contributed by atoms with E-state index in [1.54, 1.807) is 44.6 Å². The van der Waals surface area contributed by atoms with Crippen LogP contribution < -0.4 is 14.8 Å². The van der Waals surface area contributed by atoms with Crippen LogP contribution in [-0.2, 0) is 4.57 Å². The Balaban J connectivity index is 1.92. The van der Waals surface area contributed by atoms with Gasteiger partial charge in [0.1, 0.15) is 24.8 Å². The molecule has 3 rings (SSSR count). The fourth-order valence-electron chi connectivity index (χ4n) is 2.98. The van der Waals surface area contributed by atoms with E-state index in [1.807, 2.05) is 0 Å². The maximum absolute atomic E-state index is 13.8. The molecule has 0 amide bonds. The van der Waals surface area contributed by atoms with Gasteiger partial charge in [0.2, 0.25) is 5.88 Å². The Kier molecular flexibility index (Phi) is 6.71. The standard InChI is InChI=1S/C21H20Cl2FN2O3P/c1-12(20-14(22)6-7-15(24)21(20)23)29-19-11-25-10-16(26-19)13-5-8-18(30(3,4)27)17(9-13)28-2/h5-12H,1-4H3. The van der Waals surface area contributed by atoms with Crippen LogP contribution in [0.4, 0.5) is 4.39 Å². The smallest absolute Gasteiger partial charge is 0.233 e. The van der Waals surface area contributed by atoms with Gasteiger partial charge in [-0.2, -0.15) is 0 Å². The predicted octanol–water partition coefficient (Wildman–Crippen LogP) is 5.99. The van der Waals surface area contributed by atoms with Crippen LogP contribution in [0.2, 0.25) is 10.0 Å². The lowest BCUT2D eigenvalue weighted by atomic mass is 10.1. The third-order valence-electron chi connectivity index (χ3n) is 4.45. The van der Waals surface area contributed by atoms with E-state index in [-0.39, 0.29) is 10.9 Å². The highest BCUT2D eigenvalue weighted by atomic mass is 35.5. The van der Waals surface area contributed by atoms with E-state index in [0.29, 0.717) is 27.3 Å². The van der Waals surface area contributed by atoms with Gasteiger partial charge in [0.15, 0.2) is 0 Å². The molecule has 5 nitrogen and oxygen atoms in total. The average molecular weight is 469 g/mol. The Morgan fingerprint density at radius 3 is 2.53 bits per heavy atom.